The van der Waals surface area contributed by atoms with Crippen molar-refractivity contribution in [3.8, 4) is 0 Å². The number of rotatable bonds is 5. The predicted octanol–water partition coefficient (Wildman–Crippen LogP) is 1.95. The molecule has 120 valence electrons. The lowest BCUT2D eigenvalue weighted by Crippen LogP contribution is -2.45. The third kappa shape index (κ3) is 3.74. The number of halogens is 1. The van der Waals surface area contributed by atoms with Gasteiger partial charge in [-0.25, -0.2) is 9.18 Å². The Morgan fingerprint density at radius 1 is 1.35 bits per heavy atom. The number of carbonyl (C=O) groups is 3. The van der Waals surface area contributed by atoms with E-state index in [2.05, 4.69) is 0 Å². The van der Waals surface area contributed by atoms with Gasteiger partial charge in [0.15, 0.2) is 0 Å². The molecule has 1 atom stereocenters. The number of carboxylic acids is 2. The van der Waals surface area contributed by atoms with Gasteiger partial charge in [0.05, 0.1) is 11.3 Å². The molecule has 1 fully saturated rings. The molecule has 1 heterocycles. The number of benzene rings is 1. The number of carbonyl (C=O) groups excluding carboxylic acids is 1. The van der Waals surface area contributed by atoms with Gasteiger partial charge in [-0.15, -0.1) is 0 Å². The van der Waals surface area contributed by atoms with Crippen LogP contribution in [0.15, 0.2) is 29.2 Å². The number of nitrogens with zero attached hydrogens (tertiary/aromatic N) is 1. The highest BCUT2D eigenvalue weighted by Crippen LogP contribution is 2.34. The maximum absolute atomic E-state index is 13.6. The first-order valence-corrected chi connectivity index (χ1v) is 7.50. The quantitative estimate of drug-likeness (QED) is 0.616. The van der Waals surface area contributed by atoms with Crippen LogP contribution in [0.5, 0.6) is 0 Å². The molecule has 0 aliphatic carbocycles. The Kier molecular flexibility index (Phi) is 5.12. The Labute approximate surface area is 139 Å². The Hall–Kier alpha value is -2.26. The van der Waals surface area contributed by atoms with Crippen molar-refractivity contribution >= 4 is 52.2 Å². The standard InChI is InChI=1S/C14H10FNO5S2/c15-8-4-2-1-3-7(8)5-10-12(19)16(14(22)23-10)9(13(20)21)6-11(17)18/h1-5,9H,6H2,(H,17,18)(H,20,21)/b10-5-. The third-order valence-electron chi connectivity index (χ3n) is 2.98. The van der Waals surface area contributed by atoms with E-state index in [1.807, 2.05) is 0 Å². The SMILES string of the molecule is O=C(O)CC(C(=O)O)N1C(=O)/C(=C/c2ccccc2F)SC1=S. The maximum Gasteiger partial charge on any atom is 0.327 e. The van der Waals surface area contributed by atoms with Crippen molar-refractivity contribution in [1.82, 2.24) is 4.90 Å². The molecule has 9 heteroatoms. The lowest BCUT2D eigenvalue weighted by molar-refractivity contribution is -0.150. The van der Waals surface area contributed by atoms with Crippen LogP contribution in [0.1, 0.15) is 12.0 Å². The Morgan fingerprint density at radius 2 is 2.00 bits per heavy atom. The fraction of sp³-hybridized carbons (Fsp3) is 0.143. The second-order valence-electron chi connectivity index (χ2n) is 4.53. The highest BCUT2D eigenvalue weighted by atomic mass is 32.2. The second kappa shape index (κ2) is 6.88. The average molecular weight is 355 g/mol. The van der Waals surface area contributed by atoms with Crippen LogP contribution < -0.4 is 0 Å². The summed E-state index contributed by atoms with van der Waals surface area (Å²) < 4.78 is 13.6. The van der Waals surface area contributed by atoms with E-state index < -0.39 is 36.1 Å². The van der Waals surface area contributed by atoms with Gasteiger partial charge >= 0.3 is 11.9 Å². The monoisotopic (exact) mass is 355 g/mol. The Morgan fingerprint density at radius 3 is 2.57 bits per heavy atom. The van der Waals surface area contributed by atoms with Gasteiger partial charge in [-0.1, -0.05) is 42.2 Å². The maximum atomic E-state index is 13.6. The molecule has 1 aromatic rings. The average Bonchev–Trinajstić information content (AvgIpc) is 2.73. The minimum absolute atomic E-state index is 0.0386. The first kappa shape index (κ1) is 17.1. The molecule has 2 N–H and O–H groups in total. The zero-order valence-electron chi connectivity index (χ0n) is 11.4. The van der Waals surface area contributed by atoms with E-state index in [0.29, 0.717) is 0 Å². The molecule has 1 amide bonds. The highest BCUT2D eigenvalue weighted by Gasteiger charge is 2.41. The van der Waals surface area contributed by atoms with Gasteiger partial charge in [0.1, 0.15) is 16.2 Å². The molecule has 1 unspecified atom stereocenters. The van der Waals surface area contributed by atoms with Gasteiger partial charge in [-0.05, 0) is 12.1 Å². The zero-order chi connectivity index (χ0) is 17.1. The molecule has 6 nitrogen and oxygen atoms in total. The molecular weight excluding hydrogens is 345 g/mol. The fourth-order valence-corrected chi connectivity index (χ4v) is 3.28. The van der Waals surface area contributed by atoms with Crippen molar-refractivity contribution in [3.05, 3.63) is 40.6 Å². The van der Waals surface area contributed by atoms with E-state index in [1.54, 1.807) is 6.07 Å². The van der Waals surface area contributed by atoms with Crippen molar-refractivity contribution in [3.63, 3.8) is 0 Å². The van der Waals surface area contributed by atoms with Crippen LogP contribution in [0.3, 0.4) is 0 Å². The Bertz CT molecular complexity index is 734. The molecule has 1 aromatic carbocycles. The summed E-state index contributed by atoms with van der Waals surface area (Å²) in [6.07, 6.45) is 0.475. The van der Waals surface area contributed by atoms with E-state index in [-0.39, 0.29) is 14.8 Å². The van der Waals surface area contributed by atoms with Crippen molar-refractivity contribution in [2.24, 2.45) is 0 Å². The van der Waals surface area contributed by atoms with Crippen LogP contribution in [0, 0.1) is 5.82 Å². The van der Waals surface area contributed by atoms with E-state index in [1.165, 1.54) is 24.3 Å². The summed E-state index contributed by atoms with van der Waals surface area (Å²) in [6.45, 7) is 0. The molecule has 0 saturated carbocycles. The smallest absolute Gasteiger partial charge is 0.327 e. The van der Waals surface area contributed by atoms with Crippen molar-refractivity contribution in [1.29, 1.82) is 0 Å². The summed E-state index contributed by atoms with van der Waals surface area (Å²) in [6, 6.07) is 4.14. The summed E-state index contributed by atoms with van der Waals surface area (Å²) in [5.41, 5.74) is 0.151. The predicted molar refractivity (Wildman–Crippen MR) is 85.1 cm³/mol. The van der Waals surface area contributed by atoms with E-state index in [0.717, 1.165) is 16.7 Å². The Balaban J connectivity index is 2.34. The summed E-state index contributed by atoms with van der Waals surface area (Å²) in [5, 5.41) is 17.9. The van der Waals surface area contributed by atoms with Gasteiger partial charge in [0.2, 0.25) is 0 Å². The van der Waals surface area contributed by atoms with Gasteiger partial charge in [-0.2, -0.15) is 0 Å². The van der Waals surface area contributed by atoms with E-state index in [9.17, 15) is 18.8 Å². The summed E-state index contributed by atoms with van der Waals surface area (Å²) in [7, 11) is 0. The van der Waals surface area contributed by atoms with Crippen LogP contribution in [-0.2, 0) is 14.4 Å². The van der Waals surface area contributed by atoms with Crippen molar-refractivity contribution in [2.45, 2.75) is 12.5 Å². The minimum Gasteiger partial charge on any atom is -0.481 e. The number of hydrogen-bond donors (Lipinski definition) is 2. The molecule has 0 spiro atoms. The molecule has 0 radical (unpaired) electrons. The molecule has 2 rings (SSSR count). The van der Waals surface area contributed by atoms with E-state index >= 15 is 0 Å². The second-order valence-corrected chi connectivity index (χ2v) is 6.20. The number of amides is 1. The van der Waals surface area contributed by atoms with Gasteiger partial charge < -0.3 is 10.2 Å². The lowest BCUT2D eigenvalue weighted by atomic mass is 10.1. The van der Waals surface area contributed by atoms with Crippen LogP contribution in [-0.4, -0.2) is 43.3 Å². The van der Waals surface area contributed by atoms with Crippen LogP contribution in [0.25, 0.3) is 6.08 Å². The summed E-state index contributed by atoms with van der Waals surface area (Å²) in [4.78, 5) is 35.1. The first-order valence-electron chi connectivity index (χ1n) is 6.27. The topological polar surface area (TPSA) is 94.9 Å². The lowest BCUT2D eigenvalue weighted by Gasteiger charge is -2.21. The van der Waals surface area contributed by atoms with Gasteiger partial charge in [0.25, 0.3) is 5.91 Å². The number of hydrogen-bond acceptors (Lipinski definition) is 5. The van der Waals surface area contributed by atoms with E-state index in [4.69, 9.17) is 22.4 Å². The third-order valence-corrected chi connectivity index (χ3v) is 4.31. The molecule has 1 saturated heterocycles. The van der Waals surface area contributed by atoms with Crippen molar-refractivity contribution in [2.75, 3.05) is 0 Å². The molecule has 0 aromatic heterocycles. The van der Waals surface area contributed by atoms with Crippen LogP contribution in [0.2, 0.25) is 0 Å². The first-order chi connectivity index (χ1) is 10.8. The molecular formula is C14H10FNO5S2. The molecule has 0 bridgehead atoms. The molecule has 1 aliphatic rings. The summed E-state index contributed by atoms with van der Waals surface area (Å²) in [5.74, 6) is -4.14. The largest absolute Gasteiger partial charge is 0.481 e. The van der Waals surface area contributed by atoms with Crippen LogP contribution in [0.4, 0.5) is 4.39 Å². The van der Waals surface area contributed by atoms with Gasteiger partial charge in [-0.3, -0.25) is 14.5 Å². The van der Waals surface area contributed by atoms with Gasteiger partial charge in [0, 0.05) is 5.56 Å². The number of aliphatic carboxylic acids is 2. The highest BCUT2D eigenvalue weighted by molar-refractivity contribution is 8.26. The number of thioether (sulfide) groups is 1. The summed E-state index contributed by atoms with van der Waals surface area (Å²) >= 11 is 5.77. The van der Waals surface area contributed by atoms with Crippen LogP contribution >= 0.6 is 24.0 Å². The fourth-order valence-electron chi connectivity index (χ4n) is 1.94. The minimum atomic E-state index is -1.61. The zero-order valence-corrected chi connectivity index (χ0v) is 13.1. The number of thiocarbonyl (C=S) groups is 1. The molecule has 23 heavy (non-hydrogen) atoms. The normalized spacial score (nSPS) is 17.6. The van der Waals surface area contributed by atoms with Crippen molar-refractivity contribution < 1.29 is 29.0 Å². The molecule has 1 aliphatic heterocycles. The number of carboxylic acid groups (broad SMARTS) is 2.